The summed E-state index contributed by atoms with van der Waals surface area (Å²) in [6.45, 7) is 1.93. The Morgan fingerprint density at radius 3 is 2.41 bits per heavy atom. The lowest BCUT2D eigenvalue weighted by molar-refractivity contribution is -0.253. The second kappa shape index (κ2) is 9.17. The summed E-state index contributed by atoms with van der Waals surface area (Å²) in [4.78, 5) is 0. The van der Waals surface area contributed by atoms with E-state index in [0.717, 1.165) is 12.5 Å². The predicted octanol–water partition coefficient (Wildman–Crippen LogP) is 3.90. The van der Waals surface area contributed by atoms with Gasteiger partial charge in [0.25, 0.3) is 0 Å². The highest BCUT2D eigenvalue weighted by molar-refractivity contribution is 5.85. The molecule has 8 heteroatoms. The second-order valence-corrected chi connectivity index (χ2v) is 4.74. The first-order valence-corrected chi connectivity index (χ1v) is 6.67. The summed E-state index contributed by atoms with van der Waals surface area (Å²) >= 11 is 0. The maximum atomic E-state index is 13.0. The van der Waals surface area contributed by atoms with Crippen molar-refractivity contribution < 1.29 is 27.4 Å². The number of nitrogens with two attached hydrogens (primary N) is 1. The number of benzene rings is 1. The Kier molecular flexibility index (Phi) is 8.73. The van der Waals surface area contributed by atoms with Crippen molar-refractivity contribution in [1.82, 2.24) is 0 Å². The number of alkyl halides is 4. The predicted molar refractivity (Wildman–Crippen MR) is 77.7 cm³/mol. The molecule has 0 aliphatic heterocycles. The Hall–Kier alpha value is -1.05. The molecule has 0 saturated heterocycles. The highest BCUT2D eigenvalue weighted by atomic mass is 35.5. The SMILES string of the molecule is CCCC[C@@H](O)[C@@H](N)c1ccccc1OC(F)(F)C(F)F.Cl. The van der Waals surface area contributed by atoms with E-state index in [0.29, 0.717) is 12.8 Å². The molecule has 0 aliphatic carbocycles. The number of rotatable bonds is 8. The zero-order valence-corrected chi connectivity index (χ0v) is 12.8. The number of aliphatic hydroxyl groups is 1. The largest absolute Gasteiger partial charge is 0.461 e. The third-order valence-corrected chi connectivity index (χ3v) is 3.05. The monoisotopic (exact) mass is 345 g/mol. The molecule has 1 rings (SSSR count). The molecule has 2 atom stereocenters. The van der Waals surface area contributed by atoms with Crippen molar-refractivity contribution in [3.05, 3.63) is 29.8 Å². The standard InChI is InChI=1S/C14H19F4NO2.ClH/c1-2-3-7-10(20)12(19)9-6-4-5-8-11(9)21-14(17,18)13(15)16;/h4-6,8,10,12-13,20H,2-3,7,19H2,1H3;1H/t10-,12+;/m1./s1. The van der Waals surface area contributed by atoms with Crippen molar-refractivity contribution in [3.63, 3.8) is 0 Å². The number of aliphatic hydroxyl groups excluding tert-OH is 1. The van der Waals surface area contributed by atoms with Gasteiger partial charge in [-0.3, -0.25) is 0 Å². The lowest BCUT2D eigenvalue weighted by Gasteiger charge is -2.24. The molecule has 0 bridgehead atoms. The van der Waals surface area contributed by atoms with Crippen LogP contribution in [0, 0.1) is 0 Å². The summed E-state index contributed by atoms with van der Waals surface area (Å²) in [7, 11) is 0. The molecule has 0 heterocycles. The first kappa shape index (κ1) is 20.9. The molecular formula is C14H20ClF4NO2. The van der Waals surface area contributed by atoms with Gasteiger partial charge >= 0.3 is 12.5 Å². The maximum absolute atomic E-state index is 13.0. The molecule has 1 aromatic rings. The molecule has 3 nitrogen and oxygen atoms in total. The molecule has 1 aromatic carbocycles. The van der Waals surface area contributed by atoms with Gasteiger partial charge in [0, 0.05) is 5.56 Å². The third-order valence-electron chi connectivity index (χ3n) is 3.05. The van der Waals surface area contributed by atoms with Crippen molar-refractivity contribution in [3.8, 4) is 5.75 Å². The Morgan fingerprint density at radius 1 is 1.27 bits per heavy atom. The third kappa shape index (κ3) is 5.62. The summed E-state index contributed by atoms with van der Waals surface area (Å²) in [5.74, 6) is -0.453. The fourth-order valence-electron chi connectivity index (χ4n) is 1.84. The van der Waals surface area contributed by atoms with Crippen LogP contribution < -0.4 is 10.5 Å². The number of ether oxygens (including phenoxy) is 1. The quantitative estimate of drug-likeness (QED) is 0.703. The van der Waals surface area contributed by atoms with Crippen LogP contribution in [0.4, 0.5) is 17.6 Å². The Balaban J connectivity index is 0.00000441. The van der Waals surface area contributed by atoms with Crippen molar-refractivity contribution in [2.24, 2.45) is 5.73 Å². The Labute approximate surface area is 132 Å². The first-order valence-electron chi connectivity index (χ1n) is 6.67. The summed E-state index contributed by atoms with van der Waals surface area (Å²) in [5.41, 5.74) is 5.88. The van der Waals surface area contributed by atoms with Crippen LogP contribution in [0.5, 0.6) is 5.75 Å². The van der Waals surface area contributed by atoms with Crippen LogP contribution in [0.3, 0.4) is 0 Å². The van der Waals surface area contributed by atoms with Crippen molar-refractivity contribution in [2.45, 2.75) is 50.9 Å². The average molecular weight is 346 g/mol. The number of unbranched alkanes of at least 4 members (excludes halogenated alkanes) is 1. The summed E-state index contributed by atoms with van der Waals surface area (Å²) in [6.07, 6.45) is -7.58. The second-order valence-electron chi connectivity index (χ2n) is 4.74. The number of hydrogen-bond acceptors (Lipinski definition) is 3. The summed E-state index contributed by atoms with van der Waals surface area (Å²) < 4.78 is 54.5. The lowest BCUT2D eigenvalue weighted by Crippen LogP contribution is -2.35. The molecular weight excluding hydrogens is 326 g/mol. The molecule has 3 N–H and O–H groups in total. The topological polar surface area (TPSA) is 55.5 Å². The van der Waals surface area contributed by atoms with Crippen LogP contribution in [-0.2, 0) is 0 Å². The maximum Gasteiger partial charge on any atom is 0.461 e. The van der Waals surface area contributed by atoms with E-state index in [2.05, 4.69) is 4.74 Å². The van der Waals surface area contributed by atoms with E-state index in [1.165, 1.54) is 18.2 Å². The van der Waals surface area contributed by atoms with Crippen LogP contribution in [-0.4, -0.2) is 23.7 Å². The summed E-state index contributed by atoms with van der Waals surface area (Å²) in [5, 5.41) is 9.92. The van der Waals surface area contributed by atoms with Crippen molar-refractivity contribution in [1.29, 1.82) is 0 Å². The number of hydrogen-bond donors (Lipinski definition) is 2. The molecule has 0 fully saturated rings. The Morgan fingerprint density at radius 2 is 1.86 bits per heavy atom. The molecule has 0 radical (unpaired) electrons. The molecule has 0 unspecified atom stereocenters. The minimum atomic E-state index is -4.61. The van der Waals surface area contributed by atoms with Gasteiger partial charge in [0.15, 0.2) is 0 Å². The summed E-state index contributed by atoms with van der Waals surface area (Å²) in [6, 6.07) is 4.39. The van der Waals surface area contributed by atoms with Gasteiger partial charge in [-0.2, -0.15) is 17.6 Å². The van der Waals surface area contributed by atoms with E-state index in [1.807, 2.05) is 6.92 Å². The minimum Gasteiger partial charge on any atom is -0.428 e. The fourth-order valence-corrected chi connectivity index (χ4v) is 1.84. The van der Waals surface area contributed by atoms with Crippen LogP contribution in [0.25, 0.3) is 0 Å². The fraction of sp³-hybridized carbons (Fsp3) is 0.571. The van der Waals surface area contributed by atoms with E-state index in [9.17, 15) is 22.7 Å². The molecule has 0 spiro atoms. The lowest BCUT2D eigenvalue weighted by atomic mass is 9.97. The molecule has 0 aliphatic rings. The highest BCUT2D eigenvalue weighted by Crippen LogP contribution is 2.33. The molecule has 0 saturated carbocycles. The first-order chi connectivity index (χ1) is 9.79. The van der Waals surface area contributed by atoms with Crippen LogP contribution >= 0.6 is 12.4 Å². The van der Waals surface area contributed by atoms with Gasteiger partial charge in [-0.05, 0) is 12.5 Å². The van der Waals surface area contributed by atoms with E-state index in [1.54, 1.807) is 0 Å². The Bertz CT molecular complexity index is 449. The molecule has 128 valence electrons. The zero-order chi connectivity index (χ0) is 16.0. The van der Waals surface area contributed by atoms with Gasteiger partial charge in [0.05, 0.1) is 12.1 Å². The van der Waals surface area contributed by atoms with Gasteiger partial charge < -0.3 is 15.6 Å². The van der Waals surface area contributed by atoms with Crippen LogP contribution in [0.2, 0.25) is 0 Å². The smallest absolute Gasteiger partial charge is 0.428 e. The van der Waals surface area contributed by atoms with Crippen molar-refractivity contribution in [2.75, 3.05) is 0 Å². The van der Waals surface area contributed by atoms with Gasteiger partial charge in [-0.1, -0.05) is 38.0 Å². The zero-order valence-electron chi connectivity index (χ0n) is 12.0. The normalized spacial score (nSPS) is 14.4. The highest BCUT2D eigenvalue weighted by Gasteiger charge is 2.44. The molecule has 0 amide bonds. The molecule has 0 aromatic heterocycles. The van der Waals surface area contributed by atoms with Gasteiger partial charge in [0.2, 0.25) is 0 Å². The average Bonchev–Trinajstić information content (AvgIpc) is 2.44. The number of halogens is 5. The van der Waals surface area contributed by atoms with E-state index < -0.39 is 30.4 Å². The van der Waals surface area contributed by atoms with Crippen LogP contribution in [0.15, 0.2) is 24.3 Å². The minimum absolute atomic E-state index is 0. The van der Waals surface area contributed by atoms with Gasteiger partial charge in [-0.15, -0.1) is 12.4 Å². The number of para-hydroxylation sites is 1. The van der Waals surface area contributed by atoms with Gasteiger partial charge in [0.1, 0.15) is 5.75 Å². The molecule has 22 heavy (non-hydrogen) atoms. The van der Waals surface area contributed by atoms with E-state index in [4.69, 9.17) is 5.73 Å². The van der Waals surface area contributed by atoms with Crippen LogP contribution in [0.1, 0.15) is 37.8 Å². The van der Waals surface area contributed by atoms with Crippen molar-refractivity contribution >= 4 is 12.4 Å². The van der Waals surface area contributed by atoms with Gasteiger partial charge in [-0.25, -0.2) is 0 Å². The van der Waals surface area contributed by atoms with E-state index in [-0.39, 0.29) is 18.0 Å². The van der Waals surface area contributed by atoms with E-state index >= 15 is 0 Å².